The maximum atomic E-state index is 9.87. The number of halogens is 6. The van der Waals surface area contributed by atoms with Gasteiger partial charge >= 0.3 is 38.9 Å². The van der Waals surface area contributed by atoms with Gasteiger partial charge in [-0.1, -0.05) is 21.6 Å². The first-order valence-electron chi connectivity index (χ1n) is 6.72. The average molecular weight is 379 g/mol. The first-order valence-corrected chi connectivity index (χ1v) is 8.74. The molecule has 0 fully saturated rings. The monoisotopic (exact) mass is 379 g/mol. The van der Waals surface area contributed by atoms with Crippen LogP contribution in [0.1, 0.15) is 6.42 Å². The summed E-state index contributed by atoms with van der Waals surface area (Å²) in [4.78, 5) is 12.8. The predicted octanol–water partition coefficient (Wildman–Crippen LogP) is 3.55. The summed E-state index contributed by atoms with van der Waals surface area (Å²) in [7, 11) is -7.37. The van der Waals surface area contributed by atoms with Crippen molar-refractivity contribution < 1.29 is 39.6 Å². The fourth-order valence-electron chi connectivity index (χ4n) is 2.45. The third-order valence-electron chi connectivity index (χ3n) is 3.30. The van der Waals surface area contributed by atoms with E-state index in [2.05, 4.69) is 29.3 Å². The molecule has 1 aliphatic carbocycles. The van der Waals surface area contributed by atoms with Gasteiger partial charge in [0.1, 0.15) is 32.7 Å². The van der Waals surface area contributed by atoms with Gasteiger partial charge in [-0.05, 0) is 12.5 Å². The molecule has 1 aliphatic heterocycles. The molecule has 138 valence electrons. The van der Waals surface area contributed by atoms with Crippen LogP contribution in [-0.2, 0) is 0 Å². The van der Waals surface area contributed by atoms with Crippen LogP contribution >= 0.6 is 7.81 Å². The standard InChI is InChI=1S/C12H16N3O2.F6P/c1-16-14-7-8-15(17-2)12(14)13-6-5-10-3-4-11(13)9-10;1-7(2,3,4,5)6/h3-8,10-11H,9H2,1-2H3;/q+1;-1/t10-,11-;/m1./s1. The van der Waals surface area contributed by atoms with Gasteiger partial charge in [-0.25, -0.2) is 4.90 Å². The maximum absolute atomic E-state index is 10.7. The molecule has 0 spiro atoms. The van der Waals surface area contributed by atoms with Crippen LogP contribution in [0.25, 0.3) is 0 Å². The van der Waals surface area contributed by atoms with E-state index >= 15 is 0 Å². The summed E-state index contributed by atoms with van der Waals surface area (Å²) < 4.78 is 62.6. The molecular formula is C12H16F6N3O2P. The third kappa shape index (κ3) is 5.33. The SMILES string of the molecule is COn1cc[n+](OC)c1N1C=C[C@H]2C=C[C@@H]1C2.F[P-](F)(F)(F)(F)F. The molecule has 0 N–H and O–H groups in total. The van der Waals surface area contributed by atoms with Crippen molar-refractivity contribution in [3.8, 4) is 0 Å². The Kier molecular flexibility index (Phi) is 4.07. The van der Waals surface area contributed by atoms with Gasteiger partial charge in [0, 0.05) is 5.92 Å². The van der Waals surface area contributed by atoms with Crippen LogP contribution in [0.3, 0.4) is 0 Å². The number of aromatic nitrogens is 2. The van der Waals surface area contributed by atoms with E-state index in [-0.39, 0.29) is 0 Å². The topological polar surface area (TPSA) is 30.5 Å². The number of hydrogen-bond donors (Lipinski definition) is 0. The second-order valence-electron chi connectivity index (χ2n) is 5.17. The van der Waals surface area contributed by atoms with Crippen LogP contribution in [0.5, 0.6) is 0 Å². The van der Waals surface area contributed by atoms with E-state index in [0.29, 0.717) is 12.0 Å². The van der Waals surface area contributed by atoms with Gasteiger partial charge in [0.25, 0.3) is 0 Å². The number of hydrogen-bond acceptors (Lipinski definition) is 3. The van der Waals surface area contributed by atoms with Crippen LogP contribution in [-0.4, -0.2) is 25.0 Å². The zero-order valence-electron chi connectivity index (χ0n) is 12.7. The summed E-state index contributed by atoms with van der Waals surface area (Å²) in [5.41, 5.74) is 0. The predicted molar refractivity (Wildman–Crippen MR) is 75.9 cm³/mol. The van der Waals surface area contributed by atoms with Crippen LogP contribution in [0, 0.1) is 5.92 Å². The summed E-state index contributed by atoms with van der Waals surface area (Å²) >= 11 is 0. The van der Waals surface area contributed by atoms with Crippen LogP contribution in [0.15, 0.2) is 36.8 Å². The zero-order valence-corrected chi connectivity index (χ0v) is 13.6. The third-order valence-corrected chi connectivity index (χ3v) is 3.30. The van der Waals surface area contributed by atoms with Gasteiger partial charge in [0.2, 0.25) is 0 Å². The van der Waals surface area contributed by atoms with E-state index in [9.17, 15) is 25.2 Å². The number of allylic oxidation sites excluding steroid dienone is 2. The summed E-state index contributed by atoms with van der Waals surface area (Å²) in [5.74, 6) is 1.44. The van der Waals surface area contributed by atoms with Crippen molar-refractivity contribution in [3.63, 3.8) is 0 Å². The van der Waals surface area contributed by atoms with Crippen molar-refractivity contribution in [3.05, 3.63) is 36.8 Å². The van der Waals surface area contributed by atoms with E-state index in [1.807, 2.05) is 12.4 Å². The molecule has 1 aromatic heterocycles. The Morgan fingerprint density at radius 2 is 1.71 bits per heavy atom. The van der Waals surface area contributed by atoms with E-state index in [1.54, 1.807) is 23.7 Å². The molecule has 0 saturated heterocycles. The minimum absolute atomic E-state index is 0.384. The van der Waals surface area contributed by atoms with Gasteiger partial charge in [0.05, 0.1) is 6.20 Å². The minimum atomic E-state index is -10.7. The Labute approximate surface area is 133 Å². The van der Waals surface area contributed by atoms with Crippen molar-refractivity contribution in [1.82, 2.24) is 4.73 Å². The Morgan fingerprint density at radius 1 is 1.08 bits per heavy atom. The van der Waals surface area contributed by atoms with Gasteiger partial charge in [-0.15, -0.1) is 0 Å². The Balaban J connectivity index is 0.000000256. The number of anilines is 1. The van der Waals surface area contributed by atoms with Crippen LogP contribution < -0.4 is 19.3 Å². The molecule has 0 radical (unpaired) electrons. The molecule has 5 nitrogen and oxygen atoms in total. The first kappa shape index (κ1) is 18.4. The Hall–Kier alpha value is -1.90. The molecule has 1 aromatic rings. The molecule has 3 rings (SSSR count). The van der Waals surface area contributed by atoms with E-state index in [1.165, 1.54) is 0 Å². The molecule has 2 heterocycles. The normalized spacial score (nSPS) is 24.8. The van der Waals surface area contributed by atoms with Crippen LogP contribution in [0.2, 0.25) is 0 Å². The number of fused-ring (bicyclic) bond motifs is 2. The van der Waals surface area contributed by atoms with E-state index in [0.717, 1.165) is 12.4 Å². The van der Waals surface area contributed by atoms with Crippen molar-refractivity contribution >= 4 is 13.8 Å². The fraction of sp³-hybridized carbons (Fsp3) is 0.417. The van der Waals surface area contributed by atoms with Crippen molar-refractivity contribution in [2.75, 3.05) is 19.1 Å². The molecule has 2 atom stereocenters. The molecular weight excluding hydrogens is 363 g/mol. The molecule has 24 heavy (non-hydrogen) atoms. The van der Waals surface area contributed by atoms with Gasteiger partial charge in [-0.2, -0.15) is 0 Å². The fourth-order valence-corrected chi connectivity index (χ4v) is 2.45. The molecule has 2 aliphatic rings. The number of imidazole rings is 1. The molecule has 0 aromatic carbocycles. The molecule has 12 heteroatoms. The molecule has 0 unspecified atom stereocenters. The molecule has 0 saturated carbocycles. The van der Waals surface area contributed by atoms with Gasteiger partial charge in [0.15, 0.2) is 0 Å². The molecule has 0 amide bonds. The summed E-state index contributed by atoms with van der Waals surface area (Å²) in [6.45, 7) is 0. The van der Waals surface area contributed by atoms with E-state index in [4.69, 9.17) is 9.68 Å². The summed E-state index contributed by atoms with van der Waals surface area (Å²) in [6, 6.07) is 0.384. The average Bonchev–Trinajstić information content (AvgIpc) is 3.00. The Bertz CT molecular complexity index is 637. The number of nitrogens with zero attached hydrogens (tertiary/aromatic N) is 3. The molecule has 2 bridgehead atoms. The summed E-state index contributed by atoms with van der Waals surface area (Å²) in [6.07, 6.45) is 13.6. The van der Waals surface area contributed by atoms with Crippen molar-refractivity contribution in [2.45, 2.75) is 12.5 Å². The van der Waals surface area contributed by atoms with Gasteiger partial charge < -0.3 is 9.68 Å². The zero-order chi connectivity index (χ0) is 18.2. The quantitative estimate of drug-likeness (QED) is 0.348. The van der Waals surface area contributed by atoms with E-state index < -0.39 is 7.81 Å². The number of rotatable bonds is 3. The van der Waals surface area contributed by atoms with Crippen LogP contribution in [0.4, 0.5) is 31.1 Å². The van der Waals surface area contributed by atoms with Crippen molar-refractivity contribution in [1.29, 1.82) is 0 Å². The van der Waals surface area contributed by atoms with Gasteiger partial charge in [-0.3, -0.25) is 0 Å². The summed E-state index contributed by atoms with van der Waals surface area (Å²) in [5, 5.41) is 0. The Morgan fingerprint density at radius 3 is 2.25 bits per heavy atom. The van der Waals surface area contributed by atoms with Crippen molar-refractivity contribution in [2.24, 2.45) is 5.92 Å². The second-order valence-corrected chi connectivity index (χ2v) is 7.09. The first-order chi connectivity index (χ1) is 10.8. The second kappa shape index (κ2) is 5.30.